The monoisotopic (exact) mass is 266 g/mol. The van der Waals surface area contributed by atoms with Crippen LogP contribution in [0.5, 0.6) is 5.75 Å². The third kappa shape index (κ3) is 6.36. The van der Waals surface area contributed by atoms with Gasteiger partial charge in [0.15, 0.2) is 6.29 Å². The van der Waals surface area contributed by atoms with Crippen LogP contribution < -0.4 is 4.74 Å². The summed E-state index contributed by atoms with van der Waals surface area (Å²) < 4.78 is 16.0. The van der Waals surface area contributed by atoms with Crippen molar-refractivity contribution >= 4 is 5.97 Å². The summed E-state index contributed by atoms with van der Waals surface area (Å²) in [7, 11) is 0. The summed E-state index contributed by atoms with van der Waals surface area (Å²) in [6.45, 7) is 6.61. The third-order valence-electron chi connectivity index (χ3n) is 2.56. The molecule has 0 fully saturated rings. The maximum atomic E-state index is 10.8. The minimum absolute atomic E-state index is 0.150. The first kappa shape index (κ1) is 15.7. The van der Waals surface area contributed by atoms with E-state index in [-0.39, 0.29) is 12.3 Å². The highest BCUT2D eigenvalue weighted by Gasteiger charge is 2.08. The number of aryl methyl sites for hydroxylation is 1. The molecule has 0 atom stereocenters. The van der Waals surface area contributed by atoms with E-state index in [1.54, 1.807) is 12.1 Å². The van der Waals surface area contributed by atoms with Crippen molar-refractivity contribution in [3.8, 4) is 5.75 Å². The first-order valence-electron chi connectivity index (χ1n) is 6.66. The minimum atomic E-state index is -0.305. The van der Waals surface area contributed by atoms with Crippen LogP contribution >= 0.6 is 0 Å². The van der Waals surface area contributed by atoms with Crippen molar-refractivity contribution in [1.82, 2.24) is 0 Å². The van der Waals surface area contributed by atoms with Crippen molar-refractivity contribution in [3.63, 3.8) is 0 Å². The van der Waals surface area contributed by atoms with Crippen molar-refractivity contribution in [2.75, 3.05) is 13.2 Å². The second kappa shape index (κ2) is 8.67. The molecule has 0 bridgehead atoms. The van der Waals surface area contributed by atoms with E-state index in [4.69, 9.17) is 14.2 Å². The molecule has 0 aliphatic carbocycles. The number of carbonyl (C=O) groups excluding carboxylic acids is 1. The Bertz CT molecular complexity index is 366. The Morgan fingerprint density at radius 2 is 1.68 bits per heavy atom. The van der Waals surface area contributed by atoms with Crippen LogP contribution in [0.1, 0.15) is 32.8 Å². The average molecular weight is 266 g/mol. The molecule has 0 saturated heterocycles. The van der Waals surface area contributed by atoms with Gasteiger partial charge in [-0.25, -0.2) is 0 Å². The molecule has 0 saturated carbocycles. The van der Waals surface area contributed by atoms with Gasteiger partial charge in [-0.3, -0.25) is 4.79 Å². The lowest BCUT2D eigenvalue weighted by Gasteiger charge is -2.16. The summed E-state index contributed by atoms with van der Waals surface area (Å²) in [4.78, 5) is 10.8. The second-order valence-corrected chi connectivity index (χ2v) is 4.12. The zero-order chi connectivity index (χ0) is 14.1. The number of ether oxygens (including phenoxy) is 3. The zero-order valence-electron chi connectivity index (χ0n) is 11.8. The Balaban J connectivity index is 2.45. The summed E-state index contributed by atoms with van der Waals surface area (Å²) in [5.74, 6) is 0.267. The van der Waals surface area contributed by atoms with E-state index in [2.05, 4.69) is 0 Å². The van der Waals surface area contributed by atoms with E-state index in [0.717, 1.165) is 12.8 Å². The van der Waals surface area contributed by atoms with Crippen molar-refractivity contribution in [2.45, 2.75) is 39.9 Å². The summed E-state index contributed by atoms with van der Waals surface area (Å²) in [5, 5.41) is 0. The first-order valence-corrected chi connectivity index (χ1v) is 6.66. The fraction of sp³-hybridized carbons (Fsp3) is 0.533. The highest BCUT2D eigenvalue weighted by Crippen LogP contribution is 2.15. The van der Waals surface area contributed by atoms with Gasteiger partial charge in [-0.05, 0) is 38.0 Å². The van der Waals surface area contributed by atoms with Gasteiger partial charge in [-0.2, -0.15) is 0 Å². The maximum Gasteiger partial charge on any atom is 0.308 e. The number of carbonyl (C=O) groups is 1. The number of rotatable bonds is 8. The molecule has 4 nitrogen and oxygen atoms in total. The molecule has 1 aromatic carbocycles. The molecule has 1 aromatic rings. The van der Waals surface area contributed by atoms with E-state index in [1.165, 1.54) is 12.5 Å². The molecule has 0 radical (unpaired) electrons. The fourth-order valence-electron chi connectivity index (χ4n) is 1.76. The van der Waals surface area contributed by atoms with Gasteiger partial charge in [0.25, 0.3) is 0 Å². The largest absolute Gasteiger partial charge is 0.427 e. The lowest BCUT2D eigenvalue weighted by molar-refractivity contribution is -0.139. The van der Waals surface area contributed by atoms with Gasteiger partial charge < -0.3 is 14.2 Å². The molecule has 0 amide bonds. The standard InChI is InChI=1S/C15H22O4/c1-4-17-15(18-5-2)11-8-13-6-9-14(10-7-13)19-12(3)16/h6-7,9-10,15H,4-5,8,11H2,1-3H3. The Kier molecular flexibility index (Phi) is 7.15. The fourth-order valence-corrected chi connectivity index (χ4v) is 1.76. The molecule has 0 heterocycles. The van der Waals surface area contributed by atoms with Gasteiger partial charge in [0.1, 0.15) is 5.75 Å². The van der Waals surface area contributed by atoms with E-state index >= 15 is 0 Å². The number of hydrogen-bond acceptors (Lipinski definition) is 4. The van der Waals surface area contributed by atoms with Crippen molar-refractivity contribution in [2.24, 2.45) is 0 Å². The molecule has 19 heavy (non-hydrogen) atoms. The highest BCUT2D eigenvalue weighted by atomic mass is 16.7. The van der Waals surface area contributed by atoms with Crippen LogP contribution in [0.2, 0.25) is 0 Å². The van der Waals surface area contributed by atoms with Crippen LogP contribution in [0, 0.1) is 0 Å². The molecule has 0 N–H and O–H groups in total. The first-order chi connectivity index (χ1) is 9.15. The molecule has 0 unspecified atom stereocenters. The van der Waals surface area contributed by atoms with E-state index in [1.807, 2.05) is 26.0 Å². The van der Waals surface area contributed by atoms with Gasteiger partial charge in [0, 0.05) is 26.6 Å². The van der Waals surface area contributed by atoms with Gasteiger partial charge in [-0.1, -0.05) is 12.1 Å². The lowest BCUT2D eigenvalue weighted by atomic mass is 10.1. The summed E-state index contributed by atoms with van der Waals surface area (Å²) in [6, 6.07) is 7.50. The predicted molar refractivity (Wildman–Crippen MR) is 73.1 cm³/mol. The topological polar surface area (TPSA) is 44.8 Å². The van der Waals surface area contributed by atoms with Crippen LogP contribution in [0.25, 0.3) is 0 Å². The normalized spacial score (nSPS) is 10.7. The molecule has 0 aromatic heterocycles. The van der Waals surface area contributed by atoms with E-state index in [9.17, 15) is 4.79 Å². The van der Waals surface area contributed by atoms with Gasteiger partial charge in [0.05, 0.1) is 0 Å². The molecule has 4 heteroatoms. The average Bonchev–Trinajstić information content (AvgIpc) is 2.37. The van der Waals surface area contributed by atoms with Gasteiger partial charge >= 0.3 is 5.97 Å². The molecular weight excluding hydrogens is 244 g/mol. The molecule has 0 aliphatic heterocycles. The summed E-state index contributed by atoms with van der Waals surface area (Å²) in [5.41, 5.74) is 1.17. The van der Waals surface area contributed by atoms with Gasteiger partial charge in [0.2, 0.25) is 0 Å². The van der Waals surface area contributed by atoms with Crippen LogP contribution in [0.15, 0.2) is 24.3 Å². The molecule has 106 valence electrons. The van der Waals surface area contributed by atoms with Crippen LogP contribution in [0.3, 0.4) is 0 Å². The zero-order valence-corrected chi connectivity index (χ0v) is 11.8. The summed E-state index contributed by atoms with van der Waals surface area (Å²) >= 11 is 0. The number of esters is 1. The van der Waals surface area contributed by atoms with Crippen molar-refractivity contribution in [1.29, 1.82) is 0 Å². The number of hydrogen-bond donors (Lipinski definition) is 0. The van der Waals surface area contributed by atoms with Crippen LogP contribution in [-0.2, 0) is 20.7 Å². The molecular formula is C15H22O4. The van der Waals surface area contributed by atoms with Gasteiger partial charge in [-0.15, -0.1) is 0 Å². The summed E-state index contributed by atoms with van der Waals surface area (Å²) in [6.07, 6.45) is 1.53. The molecule has 1 rings (SSSR count). The number of benzene rings is 1. The van der Waals surface area contributed by atoms with E-state index in [0.29, 0.717) is 19.0 Å². The SMILES string of the molecule is CCOC(CCc1ccc(OC(C)=O)cc1)OCC. The molecule has 0 aliphatic rings. The molecule has 0 spiro atoms. The van der Waals surface area contributed by atoms with Crippen LogP contribution in [-0.4, -0.2) is 25.5 Å². The maximum absolute atomic E-state index is 10.8. The second-order valence-electron chi connectivity index (χ2n) is 4.12. The quantitative estimate of drug-likeness (QED) is 0.412. The Labute approximate surface area is 114 Å². The Morgan fingerprint density at radius 3 is 2.16 bits per heavy atom. The highest BCUT2D eigenvalue weighted by molar-refractivity contribution is 5.69. The van der Waals surface area contributed by atoms with E-state index < -0.39 is 0 Å². The van der Waals surface area contributed by atoms with Crippen molar-refractivity contribution < 1.29 is 19.0 Å². The predicted octanol–water partition coefficient (Wildman–Crippen LogP) is 2.94. The third-order valence-corrected chi connectivity index (χ3v) is 2.56. The smallest absolute Gasteiger partial charge is 0.308 e. The minimum Gasteiger partial charge on any atom is -0.427 e. The van der Waals surface area contributed by atoms with Crippen LogP contribution in [0.4, 0.5) is 0 Å². The Morgan fingerprint density at radius 1 is 1.11 bits per heavy atom. The lowest BCUT2D eigenvalue weighted by Crippen LogP contribution is -2.18. The Hall–Kier alpha value is -1.39. The van der Waals surface area contributed by atoms with Crippen molar-refractivity contribution in [3.05, 3.63) is 29.8 Å².